The molecule has 6 heteroatoms. The van der Waals surface area contributed by atoms with Gasteiger partial charge in [-0.3, -0.25) is 4.79 Å². The van der Waals surface area contributed by atoms with E-state index in [4.69, 9.17) is 4.74 Å². The largest absolute Gasteiger partial charge is 0.465 e. The molecule has 0 atom stereocenters. The Bertz CT molecular complexity index is 854. The highest BCUT2D eigenvalue weighted by molar-refractivity contribution is 6.09. The van der Waals surface area contributed by atoms with Crippen molar-refractivity contribution in [2.75, 3.05) is 12.4 Å². The Labute approximate surface area is 126 Å². The Kier molecular flexibility index (Phi) is 3.57. The minimum atomic E-state index is -0.500. The molecule has 0 bridgehead atoms. The second kappa shape index (κ2) is 5.69. The monoisotopic (exact) mass is 295 g/mol. The predicted octanol–water partition coefficient (Wildman–Crippen LogP) is 2.60. The van der Waals surface area contributed by atoms with Gasteiger partial charge in [-0.15, -0.1) is 0 Å². The van der Waals surface area contributed by atoms with E-state index in [1.165, 1.54) is 7.11 Å². The first-order valence-corrected chi connectivity index (χ1v) is 6.61. The van der Waals surface area contributed by atoms with Crippen LogP contribution in [0.15, 0.2) is 48.8 Å². The molecular formula is C16H13N3O3. The van der Waals surface area contributed by atoms with E-state index in [0.29, 0.717) is 16.8 Å². The van der Waals surface area contributed by atoms with Gasteiger partial charge in [0.2, 0.25) is 0 Å². The lowest BCUT2D eigenvalue weighted by molar-refractivity contribution is 0.0602. The maximum absolute atomic E-state index is 12.3. The number of methoxy groups -OCH3 is 1. The smallest absolute Gasteiger partial charge is 0.339 e. The van der Waals surface area contributed by atoms with Crippen LogP contribution in [0.3, 0.4) is 0 Å². The van der Waals surface area contributed by atoms with Crippen LogP contribution in [0.2, 0.25) is 0 Å². The number of esters is 1. The molecule has 110 valence electrons. The lowest BCUT2D eigenvalue weighted by atomic mass is 10.1. The zero-order chi connectivity index (χ0) is 15.5. The number of carbonyl (C=O) groups excluding carboxylic acids is 2. The number of imidazole rings is 1. The van der Waals surface area contributed by atoms with Crippen LogP contribution in [0.25, 0.3) is 11.0 Å². The second-order valence-corrected chi connectivity index (χ2v) is 4.63. The molecule has 1 aromatic heterocycles. The van der Waals surface area contributed by atoms with Gasteiger partial charge < -0.3 is 15.0 Å². The number of carbonyl (C=O) groups is 2. The molecule has 0 aliphatic rings. The summed E-state index contributed by atoms with van der Waals surface area (Å²) in [6.07, 6.45) is 1.57. The lowest BCUT2D eigenvalue weighted by Gasteiger charge is -2.09. The Balaban J connectivity index is 1.89. The SMILES string of the molecule is COC(=O)c1ccccc1NC(=O)c1ccc2nc[nH]c2c1. The molecule has 1 amide bonds. The number of hydrogen-bond acceptors (Lipinski definition) is 4. The van der Waals surface area contributed by atoms with Crippen molar-refractivity contribution in [3.05, 3.63) is 59.9 Å². The fourth-order valence-corrected chi connectivity index (χ4v) is 2.15. The Morgan fingerprint density at radius 1 is 1.18 bits per heavy atom. The summed E-state index contributed by atoms with van der Waals surface area (Å²) in [5.74, 6) is -0.812. The second-order valence-electron chi connectivity index (χ2n) is 4.63. The topological polar surface area (TPSA) is 84.1 Å². The lowest BCUT2D eigenvalue weighted by Crippen LogP contribution is -2.15. The van der Waals surface area contributed by atoms with Gasteiger partial charge in [0.25, 0.3) is 5.91 Å². The predicted molar refractivity (Wildman–Crippen MR) is 81.8 cm³/mol. The number of ether oxygens (including phenoxy) is 1. The van der Waals surface area contributed by atoms with E-state index in [-0.39, 0.29) is 5.91 Å². The summed E-state index contributed by atoms with van der Waals surface area (Å²) in [6, 6.07) is 11.8. The molecule has 0 saturated carbocycles. The van der Waals surface area contributed by atoms with Gasteiger partial charge in [-0.25, -0.2) is 9.78 Å². The maximum Gasteiger partial charge on any atom is 0.339 e. The zero-order valence-corrected chi connectivity index (χ0v) is 11.8. The number of para-hydroxylation sites is 1. The molecule has 0 unspecified atom stereocenters. The highest BCUT2D eigenvalue weighted by Crippen LogP contribution is 2.18. The number of nitrogens with zero attached hydrogens (tertiary/aromatic N) is 1. The van der Waals surface area contributed by atoms with Crippen LogP contribution in [0, 0.1) is 0 Å². The van der Waals surface area contributed by atoms with Crippen molar-refractivity contribution in [1.82, 2.24) is 9.97 Å². The molecule has 2 N–H and O–H groups in total. The van der Waals surface area contributed by atoms with Crippen molar-refractivity contribution in [2.24, 2.45) is 0 Å². The van der Waals surface area contributed by atoms with Crippen molar-refractivity contribution in [3.63, 3.8) is 0 Å². The fourth-order valence-electron chi connectivity index (χ4n) is 2.15. The molecule has 0 fully saturated rings. The standard InChI is InChI=1S/C16H13N3O3/c1-22-16(21)11-4-2-3-5-12(11)19-15(20)10-6-7-13-14(8-10)18-9-17-13/h2-9H,1H3,(H,17,18)(H,19,20). The van der Waals surface area contributed by atoms with Gasteiger partial charge in [0.1, 0.15) is 0 Å². The van der Waals surface area contributed by atoms with E-state index in [1.807, 2.05) is 0 Å². The first kappa shape index (κ1) is 13.8. The van der Waals surface area contributed by atoms with Crippen molar-refractivity contribution < 1.29 is 14.3 Å². The van der Waals surface area contributed by atoms with Gasteiger partial charge in [-0.1, -0.05) is 12.1 Å². The quantitative estimate of drug-likeness (QED) is 0.727. The number of anilines is 1. The van der Waals surface area contributed by atoms with Crippen LogP contribution in [0.5, 0.6) is 0 Å². The van der Waals surface area contributed by atoms with Crippen LogP contribution in [0.4, 0.5) is 5.69 Å². The maximum atomic E-state index is 12.3. The molecule has 0 aliphatic carbocycles. The molecule has 2 aromatic carbocycles. The third-order valence-electron chi connectivity index (χ3n) is 3.26. The normalized spacial score (nSPS) is 10.4. The third-order valence-corrected chi connectivity index (χ3v) is 3.26. The summed E-state index contributed by atoms with van der Waals surface area (Å²) in [6.45, 7) is 0. The van der Waals surface area contributed by atoms with Crippen LogP contribution in [-0.2, 0) is 4.74 Å². The number of amides is 1. The molecule has 22 heavy (non-hydrogen) atoms. The van der Waals surface area contributed by atoms with Crippen molar-refractivity contribution in [1.29, 1.82) is 0 Å². The minimum Gasteiger partial charge on any atom is -0.465 e. The summed E-state index contributed by atoms with van der Waals surface area (Å²) in [5, 5.41) is 2.72. The number of rotatable bonds is 3. The molecule has 0 aliphatic heterocycles. The number of aromatic amines is 1. The van der Waals surface area contributed by atoms with Gasteiger partial charge >= 0.3 is 5.97 Å². The van der Waals surface area contributed by atoms with E-state index < -0.39 is 5.97 Å². The van der Waals surface area contributed by atoms with Gasteiger partial charge in [0, 0.05) is 5.56 Å². The molecule has 0 spiro atoms. The van der Waals surface area contributed by atoms with E-state index >= 15 is 0 Å². The van der Waals surface area contributed by atoms with Gasteiger partial charge in [-0.2, -0.15) is 0 Å². The highest BCUT2D eigenvalue weighted by Gasteiger charge is 2.14. The van der Waals surface area contributed by atoms with Crippen LogP contribution in [-0.4, -0.2) is 29.0 Å². The van der Waals surface area contributed by atoms with Crippen LogP contribution < -0.4 is 5.32 Å². The number of hydrogen-bond donors (Lipinski definition) is 2. The molecule has 3 aromatic rings. The summed E-state index contributed by atoms with van der Waals surface area (Å²) >= 11 is 0. The van der Waals surface area contributed by atoms with Gasteiger partial charge in [0.05, 0.1) is 35.7 Å². The van der Waals surface area contributed by atoms with Crippen molar-refractivity contribution in [3.8, 4) is 0 Å². The summed E-state index contributed by atoms with van der Waals surface area (Å²) in [7, 11) is 1.30. The van der Waals surface area contributed by atoms with E-state index in [1.54, 1.807) is 48.8 Å². The Morgan fingerprint density at radius 3 is 2.82 bits per heavy atom. The number of benzene rings is 2. The van der Waals surface area contributed by atoms with Crippen molar-refractivity contribution >= 4 is 28.6 Å². The number of aromatic nitrogens is 2. The van der Waals surface area contributed by atoms with E-state index in [2.05, 4.69) is 15.3 Å². The summed E-state index contributed by atoms with van der Waals surface area (Å²) in [4.78, 5) is 31.1. The summed E-state index contributed by atoms with van der Waals surface area (Å²) < 4.78 is 4.71. The fraction of sp³-hybridized carbons (Fsp3) is 0.0625. The van der Waals surface area contributed by atoms with Gasteiger partial charge in [0.15, 0.2) is 0 Å². The van der Waals surface area contributed by atoms with Crippen LogP contribution >= 0.6 is 0 Å². The Morgan fingerprint density at radius 2 is 2.00 bits per heavy atom. The third kappa shape index (κ3) is 2.54. The zero-order valence-electron chi connectivity index (χ0n) is 11.8. The molecule has 0 radical (unpaired) electrons. The number of H-pyrrole nitrogens is 1. The average Bonchev–Trinajstić information content (AvgIpc) is 3.02. The first-order chi connectivity index (χ1) is 10.7. The van der Waals surface area contributed by atoms with Crippen LogP contribution in [0.1, 0.15) is 20.7 Å². The van der Waals surface area contributed by atoms with Crippen molar-refractivity contribution in [2.45, 2.75) is 0 Å². The highest BCUT2D eigenvalue weighted by atomic mass is 16.5. The van der Waals surface area contributed by atoms with Gasteiger partial charge in [-0.05, 0) is 30.3 Å². The molecule has 3 rings (SSSR count). The minimum absolute atomic E-state index is 0.306. The van der Waals surface area contributed by atoms with E-state index in [9.17, 15) is 9.59 Å². The first-order valence-electron chi connectivity index (χ1n) is 6.61. The molecular weight excluding hydrogens is 282 g/mol. The number of fused-ring (bicyclic) bond motifs is 1. The number of nitrogens with one attached hydrogen (secondary N) is 2. The molecule has 6 nitrogen and oxygen atoms in total. The Hall–Kier alpha value is -3.15. The van der Waals surface area contributed by atoms with E-state index in [0.717, 1.165) is 11.0 Å². The molecule has 1 heterocycles. The molecule has 0 saturated heterocycles. The average molecular weight is 295 g/mol. The summed E-state index contributed by atoms with van der Waals surface area (Å²) in [5.41, 5.74) is 2.74.